The molecule has 1 aromatic heterocycles. The van der Waals surface area contributed by atoms with Crippen molar-refractivity contribution in [2.24, 2.45) is 0 Å². The van der Waals surface area contributed by atoms with Crippen LogP contribution in [0.1, 0.15) is 5.69 Å². The third-order valence-corrected chi connectivity index (χ3v) is 2.87. The number of halogens is 2. The summed E-state index contributed by atoms with van der Waals surface area (Å²) >= 11 is 3.29. The lowest BCUT2D eigenvalue weighted by Gasteiger charge is -2.18. The number of hydrogen-bond acceptors (Lipinski definition) is 4. The Morgan fingerprint density at radius 3 is 2.83 bits per heavy atom. The first-order chi connectivity index (χ1) is 8.61. The van der Waals surface area contributed by atoms with E-state index in [0.29, 0.717) is 11.5 Å². The van der Waals surface area contributed by atoms with Gasteiger partial charge in [0.2, 0.25) is 0 Å². The first kappa shape index (κ1) is 12.5. The van der Waals surface area contributed by atoms with Crippen LogP contribution in [-0.2, 0) is 0 Å². The molecule has 0 aliphatic rings. The van der Waals surface area contributed by atoms with Crippen molar-refractivity contribution in [3.8, 4) is 6.07 Å². The molecule has 0 atom stereocenters. The number of rotatable bonds is 2. The van der Waals surface area contributed by atoms with Crippen LogP contribution in [0.25, 0.3) is 0 Å². The van der Waals surface area contributed by atoms with Crippen molar-refractivity contribution in [1.29, 1.82) is 5.26 Å². The zero-order chi connectivity index (χ0) is 13.1. The van der Waals surface area contributed by atoms with Gasteiger partial charge in [0, 0.05) is 17.6 Å². The van der Waals surface area contributed by atoms with Gasteiger partial charge < -0.3 is 4.90 Å². The average Bonchev–Trinajstić information content (AvgIpc) is 2.41. The van der Waals surface area contributed by atoms with Gasteiger partial charge in [-0.05, 0) is 18.2 Å². The van der Waals surface area contributed by atoms with Crippen molar-refractivity contribution in [1.82, 2.24) is 9.97 Å². The highest BCUT2D eigenvalue weighted by atomic mass is 79.9. The summed E-state index contributed by atoms with van der Waals surface area (Å²) in [5.74, 6) is 0.0939. The molecule has 90 valence electrons. The fourth-order valence-electron chi connectivity index (χ4n) is 1.46. The molecule has 0 saturated carbocycles. The van der Waals surface area contributed by atoms with E-state index >= 15 is 0 Å². The van der Waals surface area contributed by atoms with E-state index in [1.165, 1.54) is 18.5 Å². The number of anilines is 2. The monoisotopic (exact) mass is 306 g/mol. The minimum atomic E-state index is -0.363. The van der Waals surface area contributed by atoms with E-state index in [9.17, 15) is 4.39 Å². The van der Waals surface area contributed by atoms with Gasteiger partial charge in [-0.25, -0.2) is 14.4 Å². The first-order valence-electron chi connectivity index (χ1n) is 5.02. The SMILES string of the molecule is CN(c1cc(C#N)ncn1)c1cc(Br)ccc1F. The summed E-state index contributed by atoms with van der Waals surface area (Å²) in [5.41, 5.74) is 0.606. The lowest BCUT2D eigenvalue weighted by atomic mass is 10.2. The Morgan fingerprint density at radius 2 is 2.11 bits per heavy atom. The molecular formula is C12H8BrFN4. The van der Waals surface area contributed by atoms with Crippen LogP contribution in [0.15, 0.2) is 35.1 Å². The Hall–Kier alpha value is -2.00. The van der Waals surface area contributed by atoms with Crippen molar-refractivity contribution >= 4 is 27.4 Å². The minimum absolute atomic E-state index is 0.238. The molecule has 0 bridgehead atoms. The van der Waals surface area contributed by atoms with Crippen LogP contribution >= 0.6 is 15.9 Å². The second-order valence-corrected chi connectivity index (χ2v) is 4.44. The molecule has 0 fully saturated rings. The molecule has 18 heavy (non-hydrogen) atoms. The minimum Gasteiger partial charge on any atom is -0.327 e. The largest absolute Gasteiger partial charge is 0.327 e. The van der Waals surface area contributed by atoms with Crippen molar-refractivity contribution < 1.29 is 4.39 Å². The number of aromatic nitrogens is 2. The van der Waals surface area contributed by atoms with Crippen LogP contribution in [0.4, 0.5) is 15.9 Å². The van der Waals surface area contributed by atoms with Gasteiger partial charge in [-0.2, -0.15) is 5.26 Å². The standard InChI is InChI=1S/C12H8BrFN4/c1-18(11-4-8(13)2-3-10(11)14)12-5-9(6-15)16-7-17-12/h2-5,7H,1H3. The second-order valence-electron chi connectivity index (χ2n) is 3.53. The first-order valence-corrected chi connectivity index (χ1v) is 5.82. The summed E-state index contributed by atoms with van der Waals surface area (Å²) in [7, 11) is 1.67. The molecule has 6 heteroatoms. The van der Waals surface area contributed by atoms with E-state index in [-0.39, 0.29) is 11.5 Å². The average molecular weight is 307 g/mol. The Kier molecular flexibility index (Phi) is 3.53. The molecule has 0 radical (unpaired) electrons. The molecule has 1 heterocycles. The topological polar surface area (TPSA) is 52.8 Å². The maximum absolute atomic E-state index is 13.7. The maximum Gasteiger partial charge on any atom is 0.146 e. The summed E-state index contributed by atoms with van der Waals surface area (Å²) in [4.78, 5) is 9.35. The van der Waals surface area contributed by atoms with E-state index < -0.39 is 0 Å². The number of nitriles is 1. The summed E-state index contributed by atoms with van der Waals surface area (Å²) in [6, 6.07) is 8.04. The van der Waals surface area contributed by atoms with E-state index in [4.69, 9.17) is 5.26 Å². The molecule has 1 aromatic carbocycles. The van der Waals surface area contributed by atoms with Crippen molar-refractivity contribution in [3.05, 3.63) is 46.6 Å². The smallest absolute Gasteiger partial charge is 0.146 e. The molecule has 0 aliphatic heterocycles. The Morgan fingerprint density at radius 1 is 1.33 bits per heavy atom. The molecule has 0 spiro atoms. The summed E-state index contributed by atoms with van der Waals surface area (Å²) < 4.78 is 14.5. The normalized spacial score (nSPS) is 9.89. The maximum atomic E-state index is 13.7. The highest BCUT2D eigenvalue weighted by molar-refractivity contribution is 9.10. The van der Waals surface area contributed by atoms with Gasteiger partial charge in [-0.3, -0.25) is 0 Å². The van der Waals surface area contributed by atoms with E-state index in [2.05, 4.69) is 25.9 Å². The van der Waals surface area contributed by atoms with Crippen molar-refractivity contribution in [2.75, 3.05) is 11.9 Å². The molecule has 0 amide bonds. The fraction of sp³-hybridized carbons (Fsp3) is 0.0833. The van der Waals surface area contributed by atoms with Crippen LogP contribution in [-0.4, -0.2) is 17.0 Å². The molecule has 0 unspecified atom stereocenters. The molecule has 4 nitrogen and oxygen atoms in total. The van der Waals surface area contributed by atoms with Crippen LogP contribution in [0.5, 0.6) is 0 Å². The number of nitrogens with zero attached hydrogens (tertiary/aromatic N) is 4. The fourth-order valence-corrected chi connectivity index (χ4v) is 1.81. The van der Waals surface area contributed by atoms with E-state index in [0.717, 1.165) is 4.47 Å². The van der Waals surface area contributed by atoms with Gasteiger partial charge in [-0.15, -0.1) is 0 Å². The molecule has 2 rings (SSSR count). The predicted molar refractivity (Wildman–Crippen MR) is 68.9 cm³/mol. The summed E-state index contributed by atoms with van der Waals surface area (Å²) in [6.07, 6.45) is 1.28. The Balaban J connectivity index is 2.44. The van der Waals surface area contributed by atoms with E-state index in [1.807, 2.05) is 6.07 Å². The van der Waals surface area contributed by atoms with Crippen LogP contribution in [0.3, 0.4) is 0 Å². The van der Waals surface area contributed by atoms with Crippen LogP contribution < -0.4 is 4.90 Å². The van der Waals surface area contributed by atoms with Gasteiger partial charge in [0.15, 0.2) is 0 Å². The lowest BCUT2D eigenvalue weighted by Crippen LogP contribution is -2.13. The Bertz CT molecular complexity index is 624. The van der Waals surface area contributed by atoms with Crippen molar-refractivity contribution in [3.63, 3.8) is 0 Å². The van der Waals surface area contributed by atoms with E-state index in [1.54, 1.807) is 24.1 Å². The summed E-state index contributed by atoms with van der Waals surface area (Å²) in [5, 5.41) is 8.77. The molecular weight excluding hydrogens is 299 g/mol. The zero-order valence-corrected chi connectivity index (χ0v) is 11.0. The quantitative estimate of drug-likeness (QED) is 0.856. The third kappa shape index (κ3) is 2.46. The molecule has 0 aliphatic carbocycles. The van der Waals surface area contributed by atoms with Gasteiger partial charge in [-0.1, -0.05) is 15.9 Å². The molecule has 0 N–H and O–H groups in total. The van der Waals surface area contributed by atoms with Gasteiger partial charge >= 0.3 is 0 Å². The zero-order valence-electron chi connectivity index (χ0n) is 9.43. The molecule has 2 aromatic rings. The summed E-state index contributed by atoms with van der Waals surface area (Å²) in [6.45, 7) is 0. The predicted octanol–water partition coefficient (Wildman–Crippen LogP) is 3.02. The van der Waals surface area contributed by atoms with Crippen molar-refractivity contribution in [2.45, 2.75) is 0 Å². The lowest BCUT2D eigenvalue weighted by molar-refractivity contribution is 0.627. The number of hydrogen-bond donors (Lipinski definition) is 0. The number of benzene rings is 1. The highest BCUT2D eigenvalue weighted by Crippen LogP contribution is 2.27. The van der Waals surface area contributed by atoms with Crippen LogP contribution in [0.2, 0.25) is 0 Å². The highest BCUT2D eigenvalue weighted by Gasteiger charge is 2.11. The van der Waals surface area contributed by atoms with Gasteiger partial charge in [0.25, 0.3) is 0 Å². The second kappa shape index (κ2) is 5.10. The third-order valence-electron chi connectivity index (χ3n) is 2.38. The van der Waals surface area contributed by atoms with Crippen LogP contribution in [0, 0.1) is 17.1 Å². The van der Waals surface area contributed by atoms with Gasteiger partial charge in [0.05, 0.1) is 5.69 Å². The Labute approximate surface area is 112 Å². The van der Waals surface area contributed by atoms with Gasteiger partial charge in [0.1, 0.15) is 29.7 Å². The molecule has 0 saturated heterocycles.